The van der Waals surface area contributed by atoms with Crippen LogP contribution in [0.1, 0.15) is 58.1 Å². The Morgan fingerprint density at radius 3 is 2.48 bits per heavy atom. The average molecular weight is 427 g/mol. The molecule has 0 aromatic heterocycles. The molecule has 0 spiro atoms. The summed E-state index contributed by atoms with van der Waals surface area (Å²) in [7, 11) is 0. The molecule has 0 bridgehead atoms. The van der Waals surface area contributed by atoms with E-state index in [4.69, 9.17) is 5.73 Å². The fourth-order valence-electron chi connectivity index (χ4n) is 3.91. The maximum atomic E-state index is 13.3. The number of amides is 1. The highest BCUT2D eigenvalue weighted by atomic mass is 16.2. The number of nitrogens with two attached hydrogens (primary N) is 1. The number of carbonyl (C=O) groups excluding carboxylic acids is 2. The van der Waals surface area contributed by atoms with Gasteiger partial charge in [0.2, 0.25) is 5.91 Å². The molecule has 31 heavy (non-hydrogen) atoms. The first-order chi connectivity index (χ1) is 14.7. The molecule has 1 aromatic rings. The van der Waals surface area contributed by atoms with Gasteiger partial charge in [0.05, 0.1) is 17.9 Å². The van der Waals surface area contributed by atoms with E-state index in [-0.39, 0.29) is 23.7 Å². The standard InChI is InChI=1S/C25H38N4O2/c1-16(2)24(30)22(11-8-14-27-18(5)26)29-25(31)23(28-17(3)4)15-20-13-12-19-9-6-7-10-21(19)20/h6-7,9-10,13,16-17,22-23,27-28H,5,8,11-12,14-15,26H2,1-4H3,(H,29,31)/t22-,23-/m0/s1. The molecule has 6 heteroatoms. The highest BCUT2D eigenvalue weighted by molar-refractivity contribution is 5.92. The van der Waals surface area contributed by atoms with Crippen LogP contribution in [0.2, 0.25) is 0 Å². The van der Waals surface area contributed by atoms with Gasteiger partial charge in [0, 0.05) is 18.5 Å². The average Bonchev–Trinajstić information content (AvgIpc) is 3.11. The molecule has 170 valence electrons. The molecule has 0 saturated heterocycles. The first-order valence-electron chi connectivity index (χ1n) is 11.2. The fourth-order valence-corrected chi connectivity index (χ4v) is 3.91. The van der Waals surface area contributed by atoms with Gasteiger partial charge in [-0.25, -0.2) is 0 Å². The smallest absolute Gasteiger partial charge is 0.238 e. The van der Waals surface area contributed by atoms with Crippen LogP contribution in [0.25, 0.3) is 5.57 Å². The van der Waals surface area contributed by atoms with Crippen molar-refractivity contribution in [1.82, 2.24) is 16.0 Å². The van der Waals surface area contributed by atoms with Gasteiger partial charge in [0.25, 0.3) is 0 Å². The molecule has 1 aliphatic carbocycles. The van der Waals surface area contributed by atoms with Crippen LogP contribution in [0.3, 0.4) is 0 Å². The van der Waals surface area contributed by atoms with Gasteiger partial charge < -0.3 is 21.7 Å². The lowest BCUT2D eigenvalue weighted by Crippen LogP contribution is -2.52. The molecule has 5 N–H and O–H groups in total. The zero-order valence-electron chi connectivity index (χ0n) is 19.3. The Hall–Kier alpha value is -2.60. The van der Waals surface area contributed by atoms with Crippen molar-refractivity contribution in [1.29, 1.82) is 0 Å². The molecule has 6 nitrogen and oxygen atoms in total. The summed E-state index contributed by atoms with van der Waals surface area (Å²) in [5.41, 5.74) is 9.23. The third-order valence-corrected chi connectivity index (χ3v) is 5.46. The molecule has 0 aliphatic heterocycles. The minimum atomic E-state index is -0.512. The van der Waals surface area contributed by atoms with Crippen molar-refractivity contribution in [2.75, 3.05) is 6.54 Å². The minimum absolute atomic E-state index is 0.0497. The summed E-state index contributed by atoms with van der Waals surface area (Å²) in [6.45, 7) is 12.0. The van der Waals surface area contributed by atoms with Crippen molar-refractivity contribution >= 4 is 17.3 Å². The normalized spacial score (nSPS) is 14.7. The Kier molecular flexibility index (Phi) is 9.31. The Morgan fingerprint density at radius 2 is 1.84 bits per heavy atom. The zero-order valence-corrected chi connectivity index (χ0v) is 19.3. The highest BCUT2D eigenvalue weighted by Gasteiger charge is 2.28. The lowest BCUT2D eigenvalue weighted by atomic mass is 9.96. The fraction of sp³-hybridized carbons (Fsp3) is 0.520. The summed E-state index contributed by atoms with van der Waals surface area (Å²) in [4.78, 5) is 26.0. The quantitative estimate of drug-likeness (QED) is 0.364. The summed E-state index contributed by atoms with van der Waals surface area (Å²) in [6.07, 6.45) is 4.96. The van der Waals surface area contributed by atoms with E-state index in [1.165, 1.54) is 16.7 Å². The molecule has 0 heterocycles. The summed E-state index contributed by atoms with van der Waals surface area (Å²) in [5, 5.41) is 9.39. The molecular formula is C25H38N4O2. The number of carbonyl (C=O) groups is 2. The SMILES string of the molecule is C=C(N)NCCC[C@H](NC(=O)[C@H](CC1=CCc2ccccc21)NC(C)C)C(=O)C(C)C. The third kappa shape index (κ3) is 7.55. The largest absolute Gasteiger partial charge is 0.386 e. The Balaban J connectivity index is 2.08. The van der Waals surface area contributed by atoms with Crippen LogP contribution >= 0.6 is 0 Å². The van der Waals surface area contributed by atoms with Crippen LogP contribution in [0, 0.1) is 5.92 Å². The lowest BCUT2D eigenvalue weighted by molar-refractivity contribution is -0.130. The van der Waals surface area contributed by atoms with Crippen LogP contribution < -0.4 is 21.7 Å². The molecular weight excluding hydrogens is 388 g/mol. The van der Waals surface area contributed by atoms with E-state index in [9.17, 15) is 9.59 Å². The monoisotopic (exact) mass is 426 g/mol. The second kappa shape index (κ2) is 11.7. The van der Waals surface area contributed by atoms with Crippen LogP contribution in [0.5, 0.6) is 0 Å². The predicted octanol–water partition coefficient (Wildman–Crippen LogP) is 2.89. The van der Waals surface area contributed by atoms with Crippen molar-refractivity contribution in [3.63, 3.8) is 0 Å². The first-order valence-corrected chi connectivity index (χ1v) is 11.2. The highest BCUT2D eigenvalue weighted by Crippen LogP contribution is 2.30. The van der Waals surface area contributed by atoms with E-state index in [1.807, 2.05) is 39.8 Å². The first kappa shape index (κ1) is 24.7. The van der Waals surface area contributed by atoms with Crippen molar-refractivity contribution in [3.8, 4) is 0 Å². The van der Waals surface area contributed by atoms with Crippen molar-refractivity contribution in [2.45, 2.75) is 71.5 Å². The number of fused-ring (bicyclic) bond motifs is 1. The van der Waals surface area contributed by atoms with Gasteiger partial charge in [-0.3, -0.25) is 9.59 Å². The van der Waals surface area contributed by atoms with E-state index < -0.39 is 12.1 Å². The van der Waals surface area contributed by atoms with E-state index in [0.717, 1.165) is 6.42 Å². The molecule has 1 amide bonds. The maximum absolute atomic E-state index is 13.3. The second-order valence-electron chi connectivity index (χ2n) is 8.88. The molecule has 0 unspecified atom stereocenters. The summed E-state index contributed by atoms with van der Waals surface area (Å²) in [5.74, 6) is 0.175. The number of allylic oxidation sites excluding steroid dienone is 1. The molecule has 2 atom stereocenters. The molecule has 0 saturated carbocycles. The summed E-state index contributed by atoms with van der Waals surface area (Å²) >= 11 is 0. The second-order valence-corrected chi connectivity index (χ2v) is 8.88. The Bertz CT molecular complexity index is 813. The van der Waals surface area contributed by atoms with Gasteiger partial charge >= 0.3 is 0 Å². The lowest BCUT2D eigenvalue weighted by Gasteiger charge is -2.26. The molecule has 0 fully saturated rings. The van der Waals surface area contributed by atoms with Crippen LogP contribution in [-0.4, -0.2) is 36.4 Å². The van der Waals surface area contributed by atoms with Gasteiger partial charge in [0.15, 0.2) is 5.78 Å². The van der Waals surface area contributed by atoms with Gasteiger partial charge in [-0.15, -0.1) is 0 Å². The number of hydrogen-bond acceptors (Lipinski definition) is 5. The van der Waals surface area contributed by atoms with E-state index in [2.05, 4.69) is 40.7 Å². The molecule has 1 aromatic carbocycles. The van der Waals surface area contributed by atoms with E-state index >= 15 is 0 Å². The molecule has 0 radical (unpaired) electrons. The minimum Gasteiger partial charge on any atom is -0.386 e. The van der Waals surface area contributed by atoms with Gasteiger partial charge in [-0.1, -0.05) is 64.6 Å². The molecule has 1 aliphatic rings. The number of Topliss-reactive ketones (excluding diaryl/α,β-unsaturated/α-hetero) is 1. The third-order valence-electron chi connectivity index (χ3n) is 5.46. The van der Waals surface area contributed by atoms with Crippen molar-refractivity contribution < 1.29 is 9.59 Å². The number of ketones is 1. The summed E-state index contributed by atoms with van der Waals surface area (Å²) < 4.78 is 0. The Labute approximate surface area is 186 Å². The number of benzene rings is 1. The molecule has 2 rings (SSSR count). The number of hydrogen-bond donors (Lipinski definition) is 4. The Morgan fingerprint density at radius 1 is 1.13 bits per heavy atom. The predicted molar refractivity (Wildman–Crippen MR) is 127 cm³/mol. The maximum Gasteiger partial charge on any atom is 0.238 e. The van der Waals surface area contributed by atoms with Crippen LogP contribution in [0.4, 0.5) is 0 Å². The topological polar surface area (TPSA) is 96.2 Å². The van der Waals surface area contributed by atoms with Crippen molar-refractivity contribution in [2.24, 2.45) is 11.7 Å². The van der Waals surface area contributed by atoms with E-state index in [1.54, 1.807) is 0 Å². The summed E-state index contributed by atoms with van der Waals surface area (Å²) in [6, 6.07) is 7.55. The van der Waals surface area contributed by atoms with E-state index in [0.29, 0.717) is 31.6 Å². The van der Waals surface area contributed by atoms with Gasteiger partial charge in [-0.05, 0) is 42.4 Å². The van der Waals surface area contributed by atoms with Gasteiger partial charge in [-0.2, -0.15) is 0 Å². The number of rotatable bonds is 13. The number of nitrogens with one attached hydrogen (secondary N) is 3. The van der Waals surface area contributed by atoms with Gasteiger partial charge in [0.1, 0.15) is 0 Å². The van der Waals surface area contributed by atoms with Crippen molar-refractivity contribution in [3.05, 3.63) is 53.9 Å². The van der Waals surface area contributed by atoms with Crippen LogP contribution in [0.15, 0.2) is 42.7 Å². The zero-order chi connectivity index (χ0) is 23.0. The van der Waals surface area contributed by atoms with Crippen LogP contribution in [-0.2, 0) is 16.0 Å².